The fourth-order valence-corrected chi connectivity index (χ4v) is 4.46. The summed E-state index contributed by atoms with van der Waals surface area (Å²) in [5.74, 6) is -0.0237. The predicted molar refractivity (Wildman–Crippen MR) is 77.5 cm³/mol. The van der Waals surface area contributed by atoms with Gasteiger partial charge < -0.3 is 9.64 Å². The van der Waals surface area contributed by atoms with Crippen LogP contribution in [0, 0.1) is 0 Å². The van der Waals surface area contributed by atoms with E-state index >= 15 is 0 Å². The van der Waals surface area contributed by atoms with Crippen molar-refractivity contribution in [3.8, 4) is 0 Å². The summed E-state index contributed by atoms with van der Waals surface area (Å²) in [5.41, 5.74) is 0.960. The largest absolute Gasteiger partial charge is 0.363 e. The van der Waals surface area contributed by atoms with Crippen molar-refractivity contribution in [1.29, 1.82) is 0 Å². The van der Waals surface area contributed by atoms with Gasteiger partial charge in [-0.25, -0.2) is 8.42 Å². The standard InChI is InChI=1S/C14H18N2O4S/c1-14(2)8-20-9-16(14)21(18,19)11-4-5-12-10(6-11)7-13(17)15(12)3/h4-6H,7-9H2,1-3H3. The van der Waals surface area contributed by atoms with E-state index < -0.39 is 15.6 Å². The van der Waals surface area contributed by atoms with Gasteiger partial charge in [0.15, 0.2) is 0 Å². The Morgan fingerprint density at radius 2 is 2.00 bits per heavy atom. The molecule has 114 valence electrons. The number of carbonyl (C=O) groups excluding carboxylic acids is 1. The van der Waals surface area contributed by atoms with E-state index in [1.54, 1.807) is 30.1 Å². The molecule has 3 rings (SSSR count). The molecular weight excluding hydrogens is 292 g/mol. The number of likely N-dealkylation sites (N-methyl/N-ethyl adjacent to an activating group) is 1. The lowest BCUT2D eigenvalue weighted by Gasteiger charge is -2.28. The first-order chi connectivity index (χ1) is 9.73. The maximum Gasteiger partial charge on any atom is 0.245 e. The van der Waals surface area contributed by atoms with Gasteiger partial charge in [0, 0.05) is 12.7 Å². The van der Waals surface area contributed by atoms with E-state index in [1.165, 1.54) is 4.31 Å². The average molecular weight is 310 g/mol. The van der Waals surface area contributed by atoms with Crippen LogP contribution >= 0.6 is 0 Å². The van der Waals surface area contributed by atoms with Crippen molar-refractivity contribution in [2.24, 2.45) is 0 Å². The number of carbonyl (C=O) groups is 1. The number of benzene rings is 1. The molecule has 1 amide bonds. The number of hydrogen-bond donors (Lipinski definition) is 0. The Bertz CT molecular complexity index is 712. The second-order valence-corrected chi connectivity index (χ2v) is 7.93. The van der Waals surface area contributed by atoms with E-state index in [9.17, 15) is 13.2 Å². The Balaban J connectivity index is 2.02. The van der Waals surface area contributed by atoms with E-state index in [-0.39, 0.29) is 24.0 Å². The molecule has 0 bridgehead atoms. The molecule has 2 heterocycles. The van der Waals surface area contributed by atoms with E-state index in [0.29, 0.717) is 6.61 Å². The number of amides is 1. The fourth-order valence-electron chi connectivity index (χ4n) is 2.75. The van der Waals surface area contributed by atoms with Gasteiger partial charge >= 0.3 is 0 Å². The summed E-state index contributed by atoms with van der Waals surface area (Å²) < 4.78 is 32.2. The van der Waals surface area contributed by atoms with E-state index in [4.69, 9.17) is 4.74 Å². The zero-order valence-corrected chi connectivity index (χ0v) is 13.1. The number of sulfonamides is 1. The lowest BCUT2D eigenvalue weighted by Crippen LogP contribution is -2.44. The molecular formula is C14H18N2O4S. The van der Waals surface area contributed by atoms with Crippen LogP contribution in [0.1, 0.15) is 19.4 Å². The van der Waals surface area contributed by atoms with Crippen LogP contribution < -0.4 is 4.90 Å². The van der Waals surface area contributed by atoms with Crippen LogP contribution in [0.2, 0.25) is 0 Å². The molecule has 7 heteroatoms. The molecule has 2 aliphatic rings. The monoisotopic (exact) mass is 310 g/mol. The number of nitrogens with zero attached hydrogens (tertiary/aromatic N) is 2. The Kier molecular flexibility index (Phi) is 3.12. The van der Waals surface area contributed by atoms with Gasteiger partial charge in [-0.3, -0.25) is 4.79 Å². The third kappa shape index (κ3) is 2.16. The van der Waals surface area contributed by atoms with Crippen molar-refractivity contribution in [2.75, 3.05) is 25.3 Å². The summed E-state index contributed by atoms with van der Waals surface area (Å²) in [6.45, 7) is 4.11. The molecule has 1 fully saturated rings. The van der Waals surface area contributed by atoms with Gasteiger partial charge in [-0.05, 0) is 37.6 Å². The first-order valence-corrected chi connectivity index (χ1v) is 8.17. The Labute approximate surface area is 124 Å². The average Bonchev–Trinajstić information content (AvgIpc) is 2.90. The van der Waals surface area contributed by atoms with Crippen molar-refractivity contribution >= 4 is 21.6 Å². The van der Waals surface area contributed by atoms with Crippen LogP contribution in [-0.2, 0) is 26.0 Å². The molecule has 1 aromatic carbocycles. The Morgan fingerprint density at radius 1 is 1.29 bits per heavy atom. The first-order valence-electron chi connectivity index (χ1n) is 6.73. The summed E-state index contributed by atoms with van der Waals surface area (Å²) in [5, 5.41) is 0. The van der Waals surface area contributed by atoms with Crippen LogP contribution in [0.3, 0.4) is 0 Å². The molecule has 1 aromatic rings. The highest BCUT2D eigenvalue weighted by Crippen LogP contribution is 2.33. The molecule has 6 nitrogen and oxygen atoms in total. The maximum atomic E-state index is 12.8. The van der Waals surface area contributed by atoms with Crippen molar-refractivity contribution in [1.82, 2.24) is 4.31 Å². The van der Waals surface area contributed by atoms with Crippen LogP contribution in [0.15, 0.2) is 23.1 Å². The van der Waals surface area contributed by atoms with E-state index in [2.05, 4.69) is 0 Å². The van der Waals surface area contributed by atoms with Gasteiger partial charge in [0.1, 0.15) is 6.73 Å². The summed E-state index contributed by atoms with van der Waals surface area (Å²) in [6.07, 6.45) is 0.245. The summed E-state index contributed by atoms with van der Waals surface area (Å²) in [4.78, 5) is 13.5. The van der Waals surface area contributed by atoms with Crippen LogP contribution in [0.5, 0.6) is 0 Å². The topological polar surface area (TPSA) is 66.9 Å². The second kappa shape index (κ2) is 4.53. The SMILES string of the molecule is CN1C(=O)Cc2cc(S(=O)(=O)N3COCC3(C)C)ccc21. The molecule has 0 aliphatic carbocycles. The van der Waals surface area contributed by atoms with Gasteiger partial charge in [0.25, 0.3) is 0 Å². The van der Waals surface area contributed by atoms with Crippen molar-refractivity contribution in [2.45, 2.75) is 30.7 Å². The highest BCUT2D eigenvalue weighted by molar-refractivity contribution is 7.89. The third-order valence-corrected chi connectivity index (χ3v) is 6.08. The van der Waals surface area contributed by atoms with Gasteiger partial charge in [0.2, 0.25) is 15.9 Å². The summed E-state index contributed by atoms with van der Waals surface area (Å²) in [7, 11) is -1.93. The molecule has 0 atom stereocenters. The number of ether oxygens (including phenoxy) is 1. The molecule has 2 aliphatic heterocycles. The first kappa shape index (κ1) is 14.5. The predicted octanol–water partition coefficient (Wildman–Crippen LogP) is 0.962. The molecule has 21 heavy (non-hydrogen) atoms. The molecule has 0 unspecified atom stereocenters. The Hall–Kier alpha value is -1.44. The summed E-state index contributed by atoms with van der Waals surface area (Å²) >= 11 is 0. The molecule has 0 spiro atoms. The minimum Gasteiger partial charge on any atom is -0.363 e. The highest BCUT2D eigenvalue weighted by Gasteiger charge is 2.42. The maximum absolute atomic E-state index is 12.8. The zero-order valence-electron chi connectivity index (χ0n) is 12.3. The number of hydrogen-bond acceptors (Lipinski definition) is 4. The van der Waals surface area contributed by atoms with Crippen LogP contribution in [0.4, 0.5) is 5.69 Å². The molecule has 0 N–H and O–H groups in total. The van der Waals surface area contributed by atoms with E-state index in [1.807, 2.05) is 13.8 Å². The smallest absolute Gasteiger partial charge is 0.245 e. The molecule has 0 radical (unpaired) electrons. The van der Waals surface area contributed by atoms with E-state index in [0.717, 1.165) is 11.3 Å². The summed E-state index contributed by atoms with van der Waals surface area (Å²) in [6, 6.07) is 4.84. The molecule has 1 saturated heterocycles. The highest BCUT2D eigenvalue weighted by atomic mass is 32.2. The number of fused-ring (bicyclic) bond motifs is 1. The minimum absolute atomic E-state index is 0.0237. The number of anilines is 1. The normalized spacial score (nSPS) is 21.9. The van der Waals surface area contributed by atoms with Gasteiger partial charge in [-0.2, -0.15) is 4.31 Å². The van der Waals surface area contributed by atoms with Crippen LogP contribution in [0.25, 0.3) is 0 Å². The lowest BCUT2D eigenvalue weighted by atomic mass is 10.1. The Morgan fingerprint density at radius 3 is 2.62 bits per heavy atom. The third-order valence-electron chi connectivity index (χ3n) is 4.06. The minimum atomic E-state index is -3.62. The van der Waals surface area contributed by atoms with Gasteiger partial charge in [-0.15, -0.1) is 0 Å². The number of rotatable bonds is 2. The van der Waals surface area contributed by atoms with Crippen LogP contribution in [-0.4, -0.2) is 44.6 Å². The lowest BCUT2D eigenvalue weighted by molar-refractivity contribution is -0.117. The molecule has 0 aromatic heterocycles. The zero-order chi connectivity index (χ0) is 15.4. The van der Waals surface area contributed by atoms with Crippen molar-refractivity contribution in [3.63, 3.8) is 0 Å². The van der Waals surface area contributed by atoms with Gasteiger partial charge in [-0.1, -0.05) is 0 Å². The van der Waals surface area contributed by atoms with Gasteiger partial charge in [0.05, 0.1) is 23.5 Å². The fraction of sp³-hybridized carbons (Fsp3) is 0.500. The van der Waals surface area contributed by atoms with Crippen molar-refractivity contribution < 1.29 is 17.9 Å². The second-order valence-electron chi connectivity index (χ2n) is 6.06. The quantitative estimate of drug-likeness (QED) is 0.816. The van der Waals surface area contributed by atoms with Crippen molar-refractivity contribution in [3.05, 3.63) is 23.8 Å². The molecule has 0 saturated carbocycles.